The number of halogens is 2. The van der Waals surface area contributed by atoms with E-state index in [0.29, 0.717) is 32.3 Å². The number of guanidine groups is 1. The minimum atomic E-state index is -0.961. The third-order valence-corrected chi connectivity index (χ3v) is 4.06. The normalized spacial score (nSPS) is 18.4. The van der Waals surface area contributed by atoms with Gasteiger partial charge in [-0.25, -0.2) is 13.8 Å². The fourth-order valence-electron chi connectivity index (χ4n) is 2.74. The van der Waals surface area contributed by atoms with Crippen LogP contribution in [-0.4, -0.2) is 67.5 Å². The number of aliphatic imine (C=N–C) groups is 1. The van der Waals surface area contributed by atoms with Crippen LogP contribution in [0, 0.1) is 11.6 Å². The molecule has 1 fully saturated rings. The molecule has 0 aromatic heterocycles. The smallest absolute Gasteiger partial charge is 0.191 e. The summed E-state index contributed by atoms with van der Waals surface area (Å²) in [5, 5.41) is 16.7. The highest BCUT2D eigenvalue weighted by Gasteiger charge is 2.25. The van der Waals surface area contributed by atoms with Gasteiger partial charge in [0.05, 0.1) is 25.4 Å². The number of hydrogen-bond donors (Lipinski definition) is 3. The number of hydrogen-bond acceptors (Lipinski definition) is 4. The Bertz CT molecular complexity index is 605. The molecule has 0 bridgehead atoms. The SMILES string of the molecule is CCNC(=NCc1cc(F)ccc1F)NCC(C)(O)CN1CCOCC1. The van der Waals surface area contributed by atoms with Gasteiger partial charge in [-0.05, 0) is 32.0 Å². The van der Waals surface area contributed by atoms with E-state index in [1.807, 2.05) is 6.92 Å². The molecule has 0 aliphatic carbocycles. The fraction of sp³-hybridized carbons (Fsp3) is 0.611. The monoisotopic (exact) mass is 370 g/mol. The van der Waals surface area contributed by atoms with Crippen molar-refractivity contribution in [3.8, 4) is 0 Å². The quantitative estimate of drug-likeness (QED) is 0.495. The van der Waals surface area contributed by atoms with E-state index < -0.39 is 17.2 Å². The summed E-state index contributed by atoms with van der Waals surface area (Å²) in [7, 11) is 0. The number of benzene rings is 1. The molecule has 1 atom stereocenters. The standard InChI is InChI=1S/C18H28F2N4O2/c1-3-21-17(22-11-14-10-15(19)4-5-16(14)20)23-12-18(2,25)13-24-6-8-26-9-7-24/h4-5,10,25H,3,6-9,11-13H2,1-2H3,(H2,21,22,23). The first-order chi connectivity index (χ1) is 12.4. The lowest BCUT2D eigenvalue weighted by molar-refractivity contribution is -0.0201. The summed E-state index contributed by atoms with van der Waals surface area (Å²) in [4.78, 5) is 6.43. The van der Waals surface area contributed by atoms with Crippen LogP contribution in [0.5, 0.6) is 0 Å². The second-order valence-electron chi connectivity index (χ2n) is 6.67. The molecule has 146 valence electrons. The molecule has 6 nitrogen and oxygen atoms in total. The van der Waals surface area contributed by atoms with Crippen LogP contribution in [0.3, 0.4) is 0 Å². The van der Waals surface area contributed by atoms with Gasteiger partial charge >= 0.3 is 0 Å². The van der Waals surface area contributed by atoms with Crippen molar-refractivity contribution < 1.29 is 18.6 Å². The molecule has 0 saturated carbocycles. The van der Waals surface area contributed by atoms with Gasteiger partial charge in [0.2, 0.25) is 0 Å². The van der Waals surface area contributed by atoms with Crippen molar-refractivity contribution in [3.63, 3.8) is 0 Å². The highest BCUT2D eigenvalue weighted by molar-refractivity contribution is 5.79. The molecular formula is C18H28F2N4O2. The van der Waals surface area contributed by atoms with E-state index in [2.05, 4.69) is 20.5 Å². The first-order valence-electron chi connectivity index (χ1n) is 8.88. The topological polar surface area (TPSA) is 69.1 Å². The van der Waals surface area contributed by atoms with Crippen LogP contribution in [0.15, 0.2) is 23.2 Å². The van der Waals surface area contributed by atoms with Crippen molar-refractivity contribution in [1.29, 1.82) is 0 Å². The zero-order valence-electron chi connectivity index (χ0n) is 15.4. The Balaban J connectivity index is 1.92. The van der Waals surface area contributed by atoms with E-state index in [-0.39, 0.29) is 18.7 Å². The van der Waals surface area contributed by atoms with Crippen LogP contribution in [0.1, 0.15) is 19.4 Å². The van der Waals surface area contributed by atoms with Gasteiger partial charge in [0.15, 0.2) is 5.96 Å². The van der Waals surface area contributed by atoms with Crippen molar-refractivity contribution in [2.24, 2.45) is 4.99 Å². The minimum absolute atomic E-state index is 0.00450. The van der Waals surface area contributed by atoms with Gasteiger partial charge in [-0.1, -0.05) is 0 Å². The maximum absolute atomic E-state index is 13.7. The summed E-state index contributed by atoms with van der Waals surface area (Å²) in [6, 6.07) is 3.31. The Hall–Kier alpha value is -1.77. The molecule has 3 N–H and O–H groups in total. The molecule has 1 aliphatic rings. The molecule has 1 saturated heterocycles. The average molecular weight is 370 g/mol. The summed E-state index contributed by atoms with van der Waals surface area (Å²) < 4.78 is 32.3. The van der Waals surface area contributed by atoms with E-state index in [4.69, 9.17) is 4.74 Å². The van der Waals surface area contributed by atoms with Crippen molar-refractivity contribution in [3.05, 3.63) is 35.4 Å². The Morgan fingerprint density at radius 3 is 2.73 bits per heavy atom. The van der Waals surface area contributed by atoms with Gasteiger partial charge < -0.3 is 20.5 Å². The summed E-state index contributed by atoms with van der Waals surface area (Å²) in [6.07, 6.45) is 0. The first kappa shape index (κ1) is 20.5. The molecule has 1 aromatic rings. The van der Waals surface area contributed by atoms with Crippen molar-refractivity contribution in [2.75, 3.05) is 45.9 Å². The number of rotatable bonds is 7. The first-order valence-corrected chi connectivity index (χ1v) is 8.88. The molecule has 2 rings (SSSR count). The van der Waals surface area contributed by atoms with Crippen LogP contribution in [-0.2, 0) is 11.3 Å². The number of β-amino-alcohol motifs (C(OH)–C–C–N with tert-alkyl or cyclic N) is 1. The second-order valence-corrected chi connectivity index (χ2v) is 6.67. The lowest BCUT2D eigenvalue weighted by atomic mass is 10.1. The lowest BCUT2D eigenvalue weighted by Gasteiger charge is -2.34. The summed E-state index contributed by atoms with van der Waals surface area (Å²) in [5.74, 6) is -0.549. The molecule has 0 radical (unpaired) electrons. The molecule has 1 aromatic carbocycles. The predicted molar refractivity (Wildman–Crippen MR) is 97.1 cm³/mol. The summed E-state index contributed by atoms with van der Waals surface area (Å²) in [5.41, 5.74) is -0.778. The van der Waals surface area contributed by atoms with Crippen LogP contribution in [0.4, 0.5) is 8.78 Å². The lowest BCUT2D eigenvalue weighted by Crippen LogP contribution is -2.52. The Morgan fingerprint density at radius 1 is 1.31 bits per heavy atom. The highest BCUT2D eigenvalue weighted by atomic mass is 19.1. The zero-order chi connectivity index (χ0) is 19.0. The van der Waals surface area contributed by atoms with Crippen LogP contribution in [0.25, 0.3) is 0 Å². The van der Waals surface area contributed by atoms with Crippen molar-refractivity contribution in [1.82, 2.24) is 15.5 Å². The molecule has 0 amide bonds. The Morgan fingerprint density at radius 2 is 2.04 bits per heavy atom. The number of nitrogens with zero attached hydrogens (tertiary/aromatic N) is 2. The van der Waals surface area contributed by atoms with E-state index in [1.54, 1.807) is 6.92 Å². The van der Waals surface area contributed by atoms with Gasteiger partial charge in [-0.3, -0.25) is 4.90 Å². The molecule has 1 unspecified atom stereocenters. The van der Waals surface area contributed by atoms with Crippen molar-refractivity contribution in [2.45, 2.75) is 26.0 Å². The largest absolute Gasteiger partial charge is 0.387 e. The van der Waals surface area contributed by atoms with Gasteiger partial charge in [0.25, 0.3) is 0 Å². The fourth-order valence-corrected chi connectivity index (χ4v) is 2.74. The molecule has 26 heavy (non-hydrogen) atoms. The maximum Gasteiger partial charge on any atom is 0.191 e. The van der Waals surface area contributed by atoms with Gasteiger partial charge in [0, 0.05) is 38.3 Å². The third kappa shape index (κ3) is 6.86. The van der Waals surface area contributed by atoms with Crippen LogP contribution in [0.2, 0.25) is 0 Å². The Labute approximate surface area is 153 Å². The third-order valence-electron chi connectivity index (χ3n) is 4.06. The van der Waals surface area contributed by atoms with Gasteiger partial charge in [-0.2, -0.15) is 0 Å². The predicted octanol–water partition coefficient (Wildman–Crippen LogP) is 1.10. The van der Waals surface area contributed by atoms with Crippen LogP contribution >= 0.6 is 0 Å². The number of nitrogens with one attached hydrogen (secondary N) is 2. The second kappa shape index (κ2) is 9.80. The zero-order valence-corrected chi connectivity index (χ0v) is 15.4. The molecular weight excluding hydrogens is 342 g/mol. The highest BCUT2D eigenvalue weighted by Crippen LogP contribution is 2.11. The molecule has 8 heteroatoms. The van der Waals surface area contributed by atoms with Gasteiger partial charge in [-0.15, -0.1) is 0 Å². The molecule has 1 aliphatic heterocycles. The number of ether oxygens (including phenoxy) is 1. The van der Waals surface area contributed by atoms with E-state index in [9.17, 15) is 13.9 Å². The number of morpholine rings is 1. The van der Waals surface area contributed by atoms with Crippen LogP contribution < -0.4 is 10.6 Å². The molecule has 1 heterocycles. The summed E-state index contributed by atoms with van der Waals surface area (Å²) in [6.45, 7) is 8.01. The average Bonchev–Trinajstić information content (AvgIpc) is 2.60. The van der Waals surface area contributed by atoms with E-state index in [1.165, 1.54) is 0 Å². The number of aliphatic hydroxyl groups is 1. The van der Waals surface area contributed by atoms with Crippen molar-refractivity contribution >= 4 is 5.96 Å². The maximum atomic E-state index is 13.7. The summed E-state index contributed by atoms with van der Waals surface area (Å²) >= 11 is 0. The van der Waals surface area contributed by atoms with E-state index in [0.717, 1.165) is 31.3 Å². The molecule has 0 spiro atoms. The van der Waals surface area contributed by atoms with E-state index >= 15 is 0 Å². The van der Waals surface area contributed by atoms with Gasteiger partial charge in [0.1, 0.15) is 11.6 Å². The minimum Gasteiger partial charge on any atom is -0.387 e. The Kier molecular flexibility index (Phi) is 7.74.